The largest absolute Gasteiger partial charge is 0.490 e. The molecule has 0 fully saturated rings. The molecular formula is C27H29N5O5. The van der Waals surface area contributed by atoms with Gasteiger partial charge in [-0.15, -0.1) is 0 Å². The number of hydrogen-bond acceptors (Lipinski definition) is 7. The van der Waals surface area contributed by atoms with Crippen LogP contribution in [0.1, 0.15) is 22.3 Å². The second kappa shape index (κ2) is 11.1. The third-order valence-corrected chi connectivity index (χ3v) is 6.10. The summed E-state index contributed by atoms with van der Waals surface area (Å²) in [5.41, 5.74) is 4.75. The quantitative estimate of drug-likeness (QED) is 0.295. The smallest absolute Gasteiger partial charge is 0.310 e. The molecule has 0 saturated heterocycles. The van der Waals surface area contributed by atoms with E-state index in [1.54, 1.807) is 24.3 Å². The minimum atomic E-state index is -0.492. The summed E-state index contributed by atoms with van der Waals surface area (Å²) >= 11 is 0. The summed E-state index contributed by atoms with van der Waals surface area (Å²) in [6.07, 6.45) is 0.909. The van der Waals surface area contributed by atoms with Crippen molar-refractivity contribution in [2.24, 2.45) is 0 Å². The van der Waals surface area contributed by atoms with Gasteiger partial charge in [-0.05, 0) is 73.6 Å². The van der Waals surface area contributed by atoms with E-state index >= 15 is 0 Å². The van der Waals surface area contributed by atoms with Gasteiger partial charge >= 0.3 is 5.69 Å². The molecule has 1 aliphatic rings. The molecule has 0 radical (unpaired) electrons. The zero-order chi connectivity index (χ0) is 26.5. The number of benzene rings is 3. The van der Waals surface area contributed by atoms with Crippen LogP contribution in [-0.2, 0) is 11.2 Å². The average Bonchev–Trinajstić information content (AvgIpc) is 3.01. The van der Waals surface area contributed by atoms with Gasteiger partial charge in [0, 0.05) is 25.6 Å². The summed E-state index contributed by atoms with van der Waals surface area (Å²) in [7, 11) is 5.30. The van der Waals surface area contributed by atoms with Crippen molar-refractivity contribution in [2.45, 2.75) is 12.8 Å². The van der Waals surface area contributed by atoms with E-state index in [4.69, 9.17) is 4.74 Å². The van der Waals surface area contributed by atoms with Crippen LogP contribution in [0.25, 0.3) is 11.1 Å². The highest BCUT2D eigenvalue weighted by Crippen LogP contribution is 2.37. The summed E-state index contributed by atoms with van der Waals surface area (Å²) in [4.78, 5) is 37.8. The zero-order valence-corrected chi connectivity index (χ0v) is 21.0. The van der Waals surface area contributed by atoms with E-state index in [9.17, 15) is 19.7 Å². The molecule has 192 valence electrons. The summed E-state index contributed by atoms with van der Waals surface area (Å²) < 4.78 is 5.19. The number of hydrogen-bond donors (Lipinski definition) is 3. The van der Waals surface area contributed by atoms with Gasteiger partial charge in [0.1, 0.15) is 0 Å². The van der Waals surface area contributed by atoms with Crippen LogP contribution in [-0.4, -0.2) is 55.9 Å². The fourth-order valence-corrected chi connectivity index (χ4v) is 4.09. The third-order valence-electron chi connectivity index (χ3n) is 6.10. The van der Waals surface area contributed by atoms with Gasteiger partial charge in [-0.25, -0.2) is 0 Å². The number of nitro benzene ring substituents is 1. The topological polar surface area (TPSA) is 126 Å². The molecule has 3 aromatic rings. The van der Waals surface area contributed by atoms with Crippen molar-refractivity contribution in [1.29, 1.82) is 0 Å². The lowest BCUT2D eigenvalue weighted by Crippen LogP contribution is -2.31. The summed E-state index contributed by atoms with van der Waals surface area (Å²) in [5.74, 6) is -0.109. The Balaban J connectivity index is 1.52. The molecule has 0 atom stereocenters. The molecule has 0 saturated carbocycles. The molecule has 1 heterocycles. The second-order valence-corrected chi connectivity index (χ2v) is 9.02. The van der Waals surface area contributed by atoms with Crippen LogP contribution in [0, 0.1) is 10.1 Å². The first kappa shape index (κ1) is 25.6. The highest BCUT2D eigenvalue weighted by atomic mass is 16.6. The molecule has 1 aliphatic heterocycles. The number of fused-ring (bicyclic) bond motifs is 2. The first-order valence-corrected chi connectivity index (χ1v) is 11.8. The van der Waals surface area contributed by atoms with Crippen molar-refractivity contribution in [3.05, 3.63) is 75.8 Å². The van der Waals surface area contributed by atoms with E-state index in [2.05, 4.69) is 16.0 Å². The maximum Gasteiger partial charge on any atom is 0.310 e. The van der Waals surface area contributed by atoms with Crippen molar-refractivity contribution in [3.63, 3.8) is 0 Å². The molecule has 10 heteroatoms. The number of aryl methyl sites for hydroxylation is 1. The maximum atomic E-state index is 13.0. The first-order chi connectivity index (χ1) is 17.7. The second-order valence-electron chi connectivity index (χ2n) is 9.02. The molecular weight excluding hydrogens is 474 g/mol. The fourth-order valence-electron chi connectivity index (χ4n) is 4.09. The highest BCUT2D eigenvalue weighted by molar-refractivity contribution is 6.12. The predicted molar refractivity (Wildman–Crippen MR) is 143 cm³/mol. The minimum Gasteiger partial charge on any atom is -0.490 e. The number of rotatable bonds is 9. The number of carbonyl (C=O) groups excluding carboxylic acids is 2. The van der Waals surface area contributed by atoms with Crippen molar-refractivity contribution in [2.75, 3.05) is 44.9 Å². The molecule has 0 aromatic heterocycles. The van der Waals surface area contributed by atoms with Gasteiger partial charge in [-0.1, -0.05) is 12.1 Å². The van der Waals surface area contributed by atoms with Crippen LogP contribution in [0.15, 0.2) is 54.6 Å². The van der Waals surface area contributed by atoms with Crippen LogP contribution in [0.4, 0.5) is 22.7 Å². The Morgan fingerprint density at radius 2 is 1.76 bits per heavy atom. The highest BCUT2D eigenvalue weighted by Gasteiger charge is 2.21. The lowest BCUT2D eigenvalue weighted by molar-refractivity contribution is -0.385. The van der Waals surface area contributed by atoms with E-state index in [0.29, 0.717) is 36.3 Å². The van der Waals surface area contributed by atoms with Gasteiger partial charge in [-0.3, -0.25) is 19.7 Å². The Morgan fingerprint density at radius 3 is 2.49 bits per heavy atom. The van der Waals surface area contributed by atoms with E-state index in [0.717, 1.165) is 28.9 Å². The van der Waals surface area contributed by atoms with E-state index < -0.39 is 4.92 Å². The number of anilines is 3. The molecule has 2 amide bonds. The Labute approximate surface area is 214 Å². The number of nitrogens with zero attached hydrogens (tertiary/aromatic N) is 2. The lowest BCUT2D eigenvalue weighted by atomic mass is 10.0. The standard InChI is InChI=1S/C27H29N5O5/c1-31(2)13-12-28-26(33)11-5-17-4-9-21-23(14-17)30-27(34)20-8-6-18(15-22(20)29-21)19-7-10-24(32(35)36)25(16-19)37-3/h4,6-10,14-16,29H,5,11-13H2,1-3H3,(H,28,33)(H,30,34). The number of nitro groups is 1. The van der Waals surface area contributed by atoms with Crippen LogP contribution in [0.5, 0.6) is 5.75 Å². The van der Waals surface area contributed by atoms with Crippen molar-refractivity contribution in [1.82, 2.24) is 10.2 Å². The lowest BCUT2D eigenvalue weighted by Gasteiger charge is -2.12. The number of likely N-dealkylation sites (N-methyl/N-ethyl adjacent to an activating group) is 1. The number of nitrogens with one attached hydrogen (secondary N) is 3. The Morgan fingerprint density at radius 1 is 1.00 bits per heavy atom. The molecule has 10 nitrogen and oxygen atoms in total. The van der Waals surface area contributed by atoms with Crippen LogP contribution >= 0.6 is 0 Å². The van der Waals surface area contributed by atoms with Crippen molar-refractivity contribution < 1.29 is 19.2 Å². The fraction of sp³-hybridized carbons (Fsp3) is 0.259. The van der Waals surface area contributed by atoms with Gasteiger partial charge in [-0.2, -0.15) is 0 Å². The van der Waals surface area contributed by atoms with E-state index in [1.807, 2.05) is 43.3 Å². The monoisotopic (exact) mass is 503 g/mol. The molecule has 37 heavy (non-hydrogen) atoms. The molecule has 0 spiro atoms. The molecule has 4 rings (SSSR count). The van der Waals surface area contributed by atoms with Crippen LogP contribution in [0.2, 0.25) is 0 Å². The Hall–Kier alpha value is -4.44. The SMILES string of the molecule is COc1cc(-c2ccc3c(c2)Nc2ccc(CCC(=O)NCCN(C)C)cc2NC3=O)ccc1[N+](=O)[O-]. The summed E-state index contributed by atoms with van der Waals surface area (Å²) in [6, 6.07) is 15.7. The number of methoxy groups -OCH3 is 1. The van der Waals surface area contributed by atoms with Crippen LogP contribution in [0.3, 0.4) is 0 Å². The predicted octanol–water partition coefficient (Wildman–Crippen LogP) is 4.19. The molecule has 3 aromatic carbocycles. The molecule has 3 N–H and O–H groups in total. The molecule has 0 bridgehead atoms. The third kappa shape index (κ3) is 6.04. The van der Waals surface area contributed by atoms with Gasteiger partial charge in [0.25, 0.3) is 5.91 Å². The zero-order valence-electron chi connectivity index (χ0n) is 21.0. The first-order valence-electron chi connectivity index (χ1n) is 11.8. The van der Waals surface area contributed by atoms with Gasteiger partial charge in [0.05, 0.1) is 34.7 Å². The van der Waals surface area contributed by atoms with Crippen LogP contribution < -0.4 is 20.7 Å². The van der Waals surface area contributed by atoms with Gasteiger partial charge in [0.15, 0.2) is 5.75 Å². The van der Waals surface area contributed by atoms with Gasteiger partial charge < -0.3 is 25.6 Å². The normalized spacial score (nSPS) is 12.1. The molecule has 0 aliphatic carbocycles. The number of ether oxygens (including phenoxy) is 1. The summed E-state index contributed by atoms with van der Waals surface area (Å²) in [6.45, 7) is 1.38. The number of amides is 2. The van der Waals surface area contributed by atoms with E-state index in [-0.39, 0.29) is 23.3 Å². The van der Waals surface area contributed by atoms with Gasteiger partial charge in [0.2, 0.25) is 5.91 Å². The Bertz CT molecular complexity index is 1360. The number of carbonyl (C=O) groups is 2. The molecule has 0 unspecified atom stereocenters. The van der Waals surface area contributed by atoms with Crippen molar-refractivity contribution in [3.8, 4) is 16.9 Å². The van der Waals surface area contributed by atoms with Crippen molar-refractivity contribution >= 4 is 34.6 Å². The summed E-state index contributed by atoms with van der Waals surface area (Å²) in [5, 5.41) is 20.4. The maximum absolute atomic E-state index is 13.0. The van der Waals surface area contributed by atoms with E-state index in [1.165, 1.54) is 13.2 Å². The Kier molecular flexibility index (Phi) is 7.69. The minimum absolute atomic E-state index is 0.0123. The average molecular weight is 504 g/mol.